The second kappa shape index (κ2) is 10.9. The Balaban J connectivity index is 1.38. The number of nitrogens with zero attached hydrogens (tertiary/aromatic N) is 2. The minimum absolute atomic E-state index is 0.0925. The highest BCUT2D eigenvalue weighted by molar-refractivity contribution is 5.98. The van der Waals surface area contributed by atoms with E-state index in [1.54, 1.807) is 13.0 Å². The predicted octanol–water partition coefficient (Wildman–Crippen LogP) is 5.83. The van der Waals surface area contributed by atoms with Crippen molar-refractivity contribution >= 4 is 11.7 Å². The molecule has 4 rings (SSSR count). The Bertz CT molecular complexity index is 1130. The molecule has 0 spiro atoms. The Morgan fingerprint density at radius 2 is 1.94 bits per heavy atom. The number of hydrogen-bond donors (Lipinski definition) is 1. The highest BCUT2D eigenvalue weighted by atomic mass is 19.4. The van der Waals surface area contributed by atoms with E-state index in [0.717, 1.165) is 37.3 Å². The van der Waals surface area contributed by atoms with Gasteiger partial charge < -0.3 is 14.7 Å². The van der Waals surface area contributed by atoms with Gasteiger partial charge in [0.1, 0.15) is 12.4 Å². The van der Waals surface area contributed by atoms with Gasteiger partial charge in [0, 0.05) is 12.6 Å². The average Bonchev–Trinajstić information content (AvgIpc) is 3.57. The summed E-state index contributed by atoms with van der Waals surface area (Å²) in [6.45, 7) is 2.50. The van der Waals surface area contributed by atoms with E-state index in [9.17, 15) is 18.0 Å². The first-order chi connectivity index (χ1) is 17.1. The minimum Gasteiger partial charge on any atom is -0.493 e. The summed E-state index contributed by atoms with van der Waals surface area (Å²) in [6, 6.07) is 10.2. The maximum absolute atomic E-state index is 13.5. The summed E-state index contributed by atoms with van der Waals surface area (Å²) >= 11 is 0. The van der Waals surface area contributed by atoms with Gasteiger partial charge in [-0.05, 0) is 86.0 Å². The first-order valence-corrected chi connectivity index (χ1v) is 12.2. The molecule has 1 saturated carbocycles. The number of oxime groups is 1. The molecule has 0 unspecified atom stereocenters. The number of aliphatic carboxylic acids is 1. The van der Waals surface area contributed by atoms with Crippen LogP contribution in [0.4, 0.5) is 13.2 Å². The standard InChI is InChI=1S/C27H31F3N2O4/c1-17(20-6-8-22-21(14-20)7-9-24(22)32(2)12-11-26(33)34)31-36-16-19-5-10-25(35-15-18-3-4-18)23(13-19)27(28,29)30/h5-6,8,10,13-14,18,24H,3-4,7,9,11-12,15-16H2,1-2H3,(H,33,34)/b31-17+/t24-/m0/s1. The van der Waals surface area contributed by atoms with Gasteiger partial charge in [-0.3, -0.25) is 9.69 Å². The molecule has 2 aromatic rings. The van der Waals surface area contributed by atoms with E-state index < -0.39 is 17.7 Å². The SMILES string of the molecule is C/C(=N\OCc1ccc(OCC2CC2)c(C(F)(F)F)c1)c1ccc2c(c1)CC[C@@H]2N(C)CCC(=O)O. The van der Waals surface area contributed by atoms with Crippen LogP contribution in [0, 0.1) is 5.92 Å². The molecule has 2 aromatic carbocycles. The largest absolute Gasteiger partial charge is 0.493 e. The van der Waals surface area contributed by atoms with Crippen molar-refractivity contribution in [3.8, 4) is 5.75 Å². The van der Waals surface area contributed by atoms with Crippen LogP contribution in [0.1, 0.15) is 66.5 Å². The maximum atomic E-state index is 13.5. The number of fused-ring (bicyclic) bond motifs is 1. The van der Waals surface area contributed by atoms with Crippen molar-refractivity contribution in [2.75, 3.05) is 20.2 Å². The molecule has 0 saturated heterocycles. The van der Waals surface area contributed by atoms with E-state index in [2.05, 4.69) is 16.1 Å². The van der Waals surface area contributed by atoms with Crippen LogP contribution in [-0.2, 0) is 28.8 Å². The van der Waals surface area contributed by atoms with Crippen molar-refractivity contribution in [1.82, 2.24) is 4.90 Å². The van der Waals surface area contributed by atoms with Gasteiger partial charge in [0.2, 0.25) is 0 Å². The summed E-state index contributed by atoms with van der Waals surface area (Å²) in [7, 11) is 1.94. The summed E-state index contributed by atoms with van der Waals surface area (Å²) in [6.07, 6.45) is -0.612. The molecule has 9 heteroatoms. The summed E-state index contributed by atoms with van der Waals surface area (Å²) in [5.41, 5.74) is 3.43. The molecular weight excluding hydrogens is 473 g/mol. The molecule has 0 heterocycles. The fraction of sp³-hybridized carbons (Fsp3) is 0.481. The molecular formula is C27H31F3N2O4. The van der Waals surface area contributed by atoms with Gasteiger partial charge in [-0.25, -0.2) is 0 Å². The van der Waals surface area contributed by atoms with Crippen molar-refractivity contribution in [3.63, 3.8) is 0 Å². The maximum Gasteiger partial charge on any atom is 0.419 e. The number of alkyl halides is 3. The number of benzene rings is 2. The van der Waals surface area contributed by atoms with Gasteiger partial charge in [0.25, 0.3) is 0 Å². The molecule has 0 radical (unpaired) electrons. The quantitative estimate of drug-likeness (QED) is 0.308. The Morgan fingerprint density at radius 3 is 2.64 bits per heavy atom. The summed E-state index contributed by atoms with van der Waals surface area (Å²) in [4.78, 5) is 18.4. The second-order valence-electron chi connectivity index (χ2n) is 9.63. The smallest absolute Gasteiger partial charge is 0.419 e. The average molecular weight is 505 g/mol. The lowest BCUT2D eigenvalue weighted by molar-refractivity contribution is -0.139. The van der Waals surface area contributed by atoms with Gasteiger partial charge >= 0.3 is 12.1 Å². The van der Waals surface area contributed by atoms with Crippen LogP contribution >= 0.6 is 0 Å². The Morgan fingerprint density at radius 1 is 1.17 bits per heavy atom. The fourth-order valence-corrected chi connectivity index (χ4v) is 4.47. The van der Waals surface area contributed by atoms with Crippen molar-refractivity contribution < 1.29 is 32.6 Å². The van der Waals surface area contributed by atoms with E-state index in [0.29, 0.717) is 30.3 Å². The number of aryl methyl sites for hydroxylation is 1. The summed E-state index contributed by atoms with van der Waals surface area (Å²) < 4.78 is 46.0. The molecule has 0 aromatic heterocycles. The first-order valence-electron chi connectivity index (χ1n) is 12.2. The second-order valence-corrected chi connectivity index (χ2v) is 9.63. The van der Waals surface area contributed by atoms with Crippen LogP contribution < -0.4 is 4.74 Å². The monoisotopic (exact) mass is 504 g/mol. The van der Waals surface area contributed by atoms with Crippen LogP contribution in [0.25, 0.3) is 0 Å². The van der Waals surface area contributed by atoms with E-state index in [1.165, 1.54) is 17.2 Å². The van der Waals surface area contributed by atoms with E-state index >= 15 is 0 Å². The van der Waals surface area contributed by atoms with Crippen LogP contribution in [0.3, 0.4) is 0 Å². The van der Waals surface area contributed by atoms with Crippen molar-refractivity contribution in [2.24, 2.45) is 11.1 Å². The molecule has 1 N–H and O–H groups in total. The summed E-state index contributed by atoms with van der Waals surface area (Å²) in [5.74, 6) is -0.605. The molecule has 194 valence electrons. The zero-order valence-corrected chi connectivity index (χ0v) is 20.5. The van der Waals surface area contributed by atoms with Crippen LogP contribution in [-0.4, -0.2) is 41.9 Å². The van der Waals surface area contributed by atoms with E-state index in [-0.39, 0.29) is 24.8 Å². The van der Waals surface area contributed by atoms with Gasteiger partial charge in [-0.2, -0.15) is 13.2 Å². The van der Waals surface area contributed by atoms with Crippen LogP contribution in [0.5, 0.6) is 5.75 Å². The number of carboxylic acids is 1. The lowest BCUT2D eigenvalue weighted by Crippen LogP contribution is -2.25. The number of rotatable bonds is 11. The third-order valence-electron chi connectivity index (χ3n) is 6.77. The molecule has 2 aliphatic carbocycles. The third kappa shape index (κ3) is 6.57. The molecule has 0 aliphatic heterocycles. The highest BCUT2D eigenvalue weighted by Crippen LogP contribution is 2.39. The van der Waals surface area contributed by atoms with Crippen molar-refractivity contribution in [2.45, 2.75) is 57.9 Å². The van der Waals surface area contributed by atoms with Gasteiger partial charge in [-0.15, -0.1) is 0 Å². The zero-order valence-electron chi connectivity index (χ0n) is 20.5. The first kappa shape index (κ1) is 26.0. The molecule has 1 atom stereocenters. The highest BCUT2D eigenvalue weighted by Gasteiger charge is 2.35. The van der Waals surface area contributed by atoms with Gasteiger partial charge in [0.05, 0.1) is 24.3 Å². The molecule has 2 aliphatic rings. The zero-order chi connectivity index (χ0) is 25.9. The normalized spacial score (nSPS) is 17.8. The minimum atomic E-state index is -4.52. The third-order valence-corrected chi connectivity index (χ3v) is 6.77. The number of hydrogen-bond acceptors (Lipinski definition) is 5. The lowest BCUT2D eigenvalue weighted by Gasteiger charge is -2.24. The van der Waals surface area contributed by atoms with Crippen LogP contribution in [0.2, 0.25) is 0 Å². The fourth-order valence-electron chi connectivity index (χ4n) is 4.47. The number of carbonyl (C=O) groups is 1. The van der Waals surface area contributed by atoms with Gasteiger partial charge in [0.15, 0.2) is 0 Å². The predicted molar refractivity (Wildman–Crippen MR) is 129 cm³/mol. The van der Waals surface area contributed by atoms with E-state index in [1.807, 2.05) is 19.2 Å². The number of ether oxygens (including phenoxy) is 1. The van der Waals surface area contributed by atoms with Crippen molar-refractivity contribution in [3.05, 3.63) is 64.2 Å². The molecule has 1 fully saturated rings. The molecule has 0 bridgehead atoms. The number of carboxylic acid groups (broad SMARTS) is 1. The summed E-state index contributed by atoms with van der Waals surface area (Å²) in [5, 5.41) is 13.1. The topological polar surface area (TPSA) is 71.4 Å². The molecule has 36 heavy (non-hydrogen) atoms. The lowest BCUT2D eigenvalue weighted by atomic mass is 10.0. The van der Waals surface area contributed by atoms with E-state index in [4.69, 9.17) is 14.7 Å². The molecule has 0 amide bonds. The Labute approximate surface area is 208 Å². The number of halogens is 3. The van der Waals surface area contributed by atoms with Crippen molar-refractivity contribution in [1.29, 1.82) is 0 Å². The Kier molecular flexibility index (Phi) is 7.88. The van der Waals surface area contributed by atoms with Crippen LogP contribution in [0.15, 0.2) is 41.6 Å². The Hall–Kier alpha value is -3.07. The van der Waals surface area contributed by atoms with Gasteiger partial charge in [-0.1, -0.05) is 23.4 Å². The molecule has 6 nitrogen and oxygen atoms in total.